The molecular formula is C20H23NO3. The molecule has 0 aliphatic rings. The molecule has 0 spiro atoms. The van der Waals surface area contributed by atoms with Crippen LogP contribution < -0.4 is 4.90 Å². The number of aryl methyl sites for hydroxylation is 1. The van der Waals surface area contributed by atoms with Crippen molar-refractivity contribution in [3.8, 4) is 0 Å². The first-order valence-corrected chi connectivity index (χ1v) is 8.30. The zero-order valence-electron chi connectivity index (χ0n) is 13.9. The van der Waals surface area contributed by atoms with Crippen molar-refractivity contribution in [3.05, 3.63) is 65.7 Å². The molecule has 0 aliphatic carbocycles. The van der Waals surface area contributed by atoms with E-state index in [9.17, 15) is 14.7 Å². The van der Waals surface area contributed by atoms with E-state index in [-0.39, 0.29) is 11.5 Å². The SMILES string of the molecule is CCCCN(C(=O)CCc1ccccc1C(=O)O)c1ccccc1. The first-order valence-electron chi connectivity index (χ1n) is 8.30. The topological polar surface area (TPSA) is 57.6 Å². The summed E-state index contributed by atoms with van der Waals surface area (Å²) in [5, 5.41) is 9.24. The minimum absolute atomic E-state index is 0.0230. The zero-order chi connectivity index (χ0) is 17.4. The Kier molecular flexibility index (Phi) is 6.55. The summed E-state index contributed by atoms with van der Waals surface area (Å²) in [6.07, 6.45) is 2.67. The van der Waals surface area contributed by atoms with Crippen molar-refractivity contribution in [2.24, 2.45) is 0 Å². The molecule has 126 valence electrons. The summed E-state index contributed by atoms with van der Waals surface area (Å²) in [6, 6.07) is 16.5. The average Bonchev–Trinajstić information content (AvgIpc) is 2.61. The van der Waals surface area contributed by atoms with E-state index in [1.54, 1.807) is 29.2 Å². The molecule has 0 saturated heterocycles. The Labute approximate surface area is 142 Å². The predicted molar refractivity (Wildman–Crippen MR) is 95.4 cm³/mol. The number of unbranched alkanes of at least 4 members (excludes halogenated alkanes) is 1. The molecule has 2 aromatic rings. The van der Waals surface area contributed by atoms with Crippen molar-refractivity contribution in [2.75, 3.05) is 11.4 Å². The van der Waals surface area contributed by atoms with Crippen molar-refractivity contribution in [3.63, 3.8) is 0 Å². The highest BCUT2D eigenvalue weighted by Crippen LogP contribution is 2.18. The molecule has 4 nitrogen and oxygen atoms in total. The van der Waals surface area contributed by atoms with Crippen molar-refractivity contribution in [2.45, 2.75) is 32.6 Å². The second-order valence-electron chi connectivity index (χ2n) is 5.70. The third kappa shape index (κ3) is 4.69. The maximum Gasteiger partial charge on any atom is 0.335 e. The number of carbonyl (C=O) groups is 2. The van der Waals surface area contributed by atoms with Gasteiger partial charge in [-0.05, 0) is 36.6 Å². The van der Waals surface area contributed by atoms with E-state index < -0.39 is 5.97 Å². The van der Waals surface area contributed by atoms with Gasteiger partial charge in [-0.25, -0.2) is 4.79 Å². The number of para-hydroxylation sites is 1. The molecule has 1 amide bonds. The number of anilines is 1. The Morgan fingerprint density at radius 2 is 1.67 bits per heavy atom. The molecule has 0 atom stereocenters. The van der Waals surface area contributed by atoms with Crippen molar-refractivity contribution in [1.82, 2.24) is 0 Å². The molecule has 0 aliphatic heterocycles. The van der Waals surface area contributed by atoms with Crippen LogP contribution in [0.1, 0.15) is 42.1 Å². The molecule has 2 rings (SSSR count). The Morgan fingerprint density at radius 1 is 1.00 bits per heavy atom. The molecule has 0 radical (unpaired) electrons. The van der Waals surface area contributed by atoms with Crippen LogP contribution in [-0.4, -0.2) is 23.5 Å². The van der Waals surface area contributed by atoms with Gasteiger partial charge < -0.3 is 10.0 Å². The van der Waals surface area contributed by atoms with Gasteiger partial charge in [0.25, 0.3) is 0 Å². The van der Waals surface area contributed by atoms with Gasteiger partial charge in [0.2, 0.25) is 5.91 Å². The number of carboxylic acid groups (broad SMARTS) is 1. The molecule has 4 heteroatoms. The van der Waals surface area contributed by atoms with Crippen LogP contribution in [0.4, 0.5) is 5.69 Å². The number of carbonyl (C=O) groups excluding carboxylic acids is 1. The first kappa shape index (κ1) is 17.7. The van der Waals surface area contributed by atoms with Crippen LogP contribution in [0.3, 0.4) is 0 Å². The Morgan fingerprint density at radius 3 is 2.33 bits per heavy atom. The second kappa shape index (κ2) is 8.87. The van der Waals surface area contributed by atoms with E-state index in [0.717, 1.165) is 18.5 Å². The second-order valence-corrected chi connectivity index (χ2v) is 5.70. The van der Waals surface area contributed by atoms with Crippen molar-refractivity contribution in [1.29, 1.82) is 0 Å². The monoisotopic (exact) mass is 325 g/mol. The molecule has 0 unspecified atom stereocenters. The van der Waals surface area contributed by atoms with E-state index in [4.69, 9.17) is 0 Å². The Balaban J connectivity index is 2.10. The summed E-state index contributed by atoms with van der Waals surface area (Å²) < 4.78 is 0. The van der Waals surface area contributed by atoms with Crippen LogP contribution in [0.25, 0.3) is 0 Å². The summed E-state index contributed by atoms with van der Waals surface area (Å²) in [6.45, 7) is 2.77. The number of hydrogen-bond donors (Lipinski definition) is 1. The van der Waals surface area contributed by atoms with Crippen LogP contribution in [0.5, 0.6) is 0 Å². The van der Waals surface area contributed by atoms with E-state index >= 15 is 0 Å². The van der Waals surface area contributed by atoms with Gasteiger partial charge >= 0.3 is 5.97 Å². The summed E-state index contributed by atoms with van der Waals surface area (Å²) >= 11 is 0. The van der Waals surface area contributed by atoms with Gasteiger partial charge in [-0.3, -0.25) is 4.79 Å². The normalized spacial score (nSPS) is 10.4. The first-order chi connectivity index (χ1) is 11.6. The maximum absolute atomic E-state index is 12.7. The van der Waals surface area contributed by atoms with Crippen molar-refractivity contribution < 1.29 is 14.7 Å². The van der Waals surface area contributed by atoms with E-state index in [2.05, 4.69) is 6.92 Å². The Bertz CT molecular complexity index is 682. The number of hydrogen-bond acceptors (Lipinski definition) is 2. The highest BCUT2D eigenvalue weighted by atomic mass is 16.4. The lowest BCUT2D eigenvalue weighted by molar-refractivity contribution is -0.118. The van der Waals surface area contributed by atoms with Gasteiger partial charge in [-0.1, -0.05) is 49.7 Å². The third-order valence-electron chi connectivity index (χ3n) is 3.96. The maximum atomic E-state index is 12.7. The average molecular weight is 325 g/mol. The van der Waals surface area contributed by atoms with E-state index in [0.29, 0.717) is 24.9 Å². The van der Waals surface area contributed by atoms with Gasteiger partial charge in [0.15, 0.2) is 0 Å². The predicted octanol–water partition coefficient (Wildman–Crippen LogP) is 4.15. The number of aromatic carboxylic acids is 1. The highest BCUT2D eigenvalue weighted by Gasteiger charge is 2.16. The van der Waals surface area contributed by atoms with Gasteiger partial charge in [-0.2, -0.15) is 0 Å². The quantitative estimate of drug-likeness (QED) is 0.793. The molecule has 0 aromatic heterocycles. The molecule has 0 saturated carbocycles. The molecule has 0 bridgehead atoms. The van der Waals surface area contributed by atoms with Crippen LogP contribution in [0.2, 0.25) is 0 Å². The fraction of sp³-hybridized carbons (Fsp3) is 0.300. The Hall–Kier alpha value is -2.62. The summed E-state index contributed by atoms with van der Waals surface area (Å²) in [7, 11) is 0. The smallest absolute Gasteiger partial charge is 0.335 e. The number of carboxylic acids is 1. The summed E-state index contributed by atoms with van der Waals surface area (Å²) in [5.41, 5.74) is 1.86. The molecule has 0 heterocycles. The van der Waals surface area contributed by atoms with E-state index in [1.165, 1.54) is 0 Å². The largest absolute Gasteiger partial charge is 0.478 e. The van der Waals surface area contributed by atoms with Gasteiger partial charge in [0.1, 0.15) is 0 Å². The van der Waals surface area contributed by atoms with Crippen LogP contribution in [-0.2, 0) is 11.2 Å². The number of amides is 1. The zero-order valence-corrected chi connectivity index (χ0v) is 13.9. The van der Waals surface area contributed by atoms with Crippen molar-refractivity contribution >= 4 is 17.6 Å². The molecule has 24 heavy (non-hydrogen) atoms. The lowest BCUT2D eigenvalue weighted by Gasteiger charge is -2.23. The summed E-state index contributed by atoms with van der Waals surface area (Å²) in [5.74, 6) is -0.932. The minimum Gasteiger partial charge on any atom is -0.478 e. The fourth-order valence-corrected chi connectivity index (χ4v) is 2.65. The third-order valence-corrected chi connectivity index (χ3v) is 3.96. The molecular weight excluding hydrogens is 302 g/mol. The summed E-state index contributed by atoms with van der Waals surface area (Å²) in [4.78, 5) is 25.7. The fourth-order valence-electron chi connectivity index (χ4n) is 2.65. The van der Waals surface area contributed by atoms with Gasteiger partial charge in [-0.15, -0.1) is 0 Å². The van der Waals surface area contributed by atoms with Gasteiger partial charge in [0.05, 0.1) is 5.56 Å². The van der Waals surface area contributed by atoms with E-state index in [1.807, 2.05) is 30.3 Å². The van der Waals surface area contributed by atoms with Gasteiger partial charge in [0, 0.05) is 18.7 Å². The lowest BCUT2D eigenvalue weighted by atomic mass is 10.0. The number of benzene rings is 2. The molecule has 1 N–H and O–H groups in total. The lowest BCUT2D eigenvalue weighted by Crippen LogP contribution is -2.32. The van der Waals surface area contributed by atoms with Crippen LogP contribution in [0.15, 0.2) is 54.6 Å². The molecule has 0 fully saturated rings. The highest BCUT2D eigenvalue weighted by molar-refractivity contribution is 5.94. The molecule has 2 aromatic carbocycles. The minimum atomic E-state index is -0.955. The van der Waals surface area contributed by atoms with Crippen LogP contribution in [0, 0.1) is 0 Å². The number of rotatable bonds is 8. The standard InChI is InChI=1S/C20H23NO3/c1-2-3-15-21(17-10-5-4-6-11-17)19(22)14-13-16-9-7-8-12-18(16)20(23)24/h4-12H,2-3,13-15H2,1H3,(H,23,24). The van der Waals surface area contributed by atoms with Crippen LogP contribution >= 0.6 is 0 Å². The number of nitrogens with zero attached hydrogens (tertiary/aromatic N) is 1.